The van der Waals surface area contributed by atoms with Gasteiger partial charge in [0.05, 0.1) is 24.6 Å². The zero-order chi connectivity index (χ0) is 21.4. The molecule has 0 radical (unpaired) electrons. The highest BCUT2D eigenvalue weighted by molar-refractivity contribution is 5.66. The Morgan fingerprint density at radius 1 is 0.483 bits per heavy atom. The number of hydrogen-bond acceptors (Lipinski definition) is 4. The quantitative estimate of drug-likeness (QED) is 0.112. The van der Waals surface area contributed by atoms with Gasteiger partial charge >= 0.3 is 0 Å². The number of aliphatic hydroxyl groups is 2. The van der Waals surface area contributed by atoms with E-state index in [9.17, 15) is 10.2 Å². The zero-order valence-electron chi connectivity index (χ0n) is 19.5. The summed E-state index contributed by atoms with van der Waals surface area (Å²) in [4.78, 5) is 0. The lowest BCUT2D eigenvalue weighted by atomic mass is 10.1. The third-order valence-corrected chi connectivity index (χ3v) is 5.50. The third kappa shape index (κ3) is 23.4. The van der Waals surface area contributed by atoms with Crippen LogP contribution in [0.25, 0.3) is 0 Å². The summed E-state index contributed by atoms with van der Waals surface area (Å²) >= 11 is 0. The summed E-state index contributed by atoms with van der Waals surface area (Å²) in [5.41, 5.74) is 0. The molecule has 0 aromatic carbocycles. The molecule has 0 spiro atoms. The molecule has 4 nitrogen and oxygen atoms in total. The average molecular weight is 411 g/mol. The van der Waals surface area contributed by atoms with Gasteiger partial charge in [0.15, 0.2) is 0 Å². The fourth-order valence-electron chi connectivity index (χ4n) is 3.53. The molecule has 0 aliphatic heterocycles. The van der Waals surface area contributed by atoms with Crippen molar-refractivity contribution in [3.8, 4) is 0 Å². The van der Waals surface area contributed by atoms with E-state index in [0.29, 0.717) is 0 Å². The Morgan fingerprint density at radius 3 is 1.07 bits per heavy atom. The van der Waals surface area contributed by atoms with Gasteiger partial charge in [-0.05, 0) is 12.8 Å². The first kappa shape index (κ1) is 28.3. The predicted molar refractivity (Wildman–Crippen MR) is 128 cm³/mol. The molecule has 2 atom stereocenters. The minimum Gasteiger partial charge on any atom is -0.387 e. The molecule has 2 N–H and O–H groups in total. The SMILES string of the molecule is CCCCCCCCCCCC(O)/C=N\N=C/C(O)CCCCCCCCCC. The van der Waals surface area contributed by atoms with Gasteiger partial charge in [0.1, 0.15) is 0 Å². The Bertz CT molecular complexity index is 372. The highest BCUT2D eigenvalue weighted by Gasteiger charge is 2.01. The molecule has 0 aliphatic rings. The topological polar surface area (TPSA) is 65.2 Å². The van der Waals surface area contributed by atoms with Crippen molar-refractivity contribution < 1.29 is 10.2 Å². The number of hydrogen-bond donors (Lipinski definition) is 2. The summed E-state index contributed by atoms with van der Waals surface area (Å²) in [7, 11) is 0. The van der Waals surface area contributed by atoms with Crippen LogP contribution in [0.2, 0.25) is 0 Å². The third-order valence-electron chi connectivity index (χ3n) is 5.50. The van der Waals surface area contributed by atoms with E-state index in [1.54, 1.807) is 0 Å². The second kappa shape index (κ2) is 23.5. The molecule has 4 heteroatoms. The fourth-order valence-corrected chi connectivity index (χ4v) is 3.53. The first-order valence-corrected chi connectivity index (χ1v) is 12.6. The van der Waals surface area contributed by atoms with Crippen molar-refractivity contribution in [2.45, 2.75) is 148 Å². The lowest BCUT2D eigenvalue weighted by Crippen LogP contribution is -2.09. The van der Waals surface area contributed by atoms with Crippen molar-refractivity contribution in [1.29, 1.82) is 0 Å². The molecule has 172 valence electrons. The summed E-state index contributed by atoms with van der Waals surface area (Å²) in [6.07, 6.45) is 25.1. The van der Waals surface area contributed by atoms with Gasteiger partial charge in [-0.3, -0.25) is 0 Å². The van der Waals surface area contributed by atoms with Crippen molar-refractivity contribution in [3.05, 3.63) is 0 Å². The van der Waals surface area contributed by atoms with Gasteiger partial charge in [-0.2, -0.15) is 10.2 Å². The predicted octanol–water partition coefficient (Wildman–Crippen LogP) is 7.22. The van der Waals surface area contributed by atoms with Crippen LogP contribution < -0.4 is 0 Å². The monoisotopic (exact) mass is 410 g/mol. The molecule has 0 heterocycles. The molecule has 0 saturated carbocycles. The first-order chi connectivity index (χ1) is 14.2. The summed E-state index contributed by atoms with van der Waals surface area (Å²) in [6, 6.07) is 0. The number of rotatable bonds is 22. The highest BCUT2D eigenvalue weighted by atomic mass is 16.3. The Balaban J connectivity index is 3.49. The molecular formula is C25H50N2O2. The second-order valence-corrected chi connectivity index (χ2v) is 8.54. The average Bonchev–Trinajstić information content (AvgIpc) is 2.72. The Hall–Kier alpha value is -0.740. The molecule has 0 aromatic heterocycles. The van der Waals surface area contributed by atoms with E-state index in [-0.39, 0.29) is 0 Å². The minimum absolute atomic E-state index is 0.526. The van der Waals surface area contributed by atoms with Crippen LogP contribution in [0.1, 0.15) is 136 Å². The molecule has 0 aromatic rings. The maximum absolute atomic E-state index is 9.91. The fraction of sp³-hybridized carbons (Fsp3) is 0.920. The molecule has 0 bridgehead atoms. The molecule has 0 aliphatic carbocycles. The summed E-state index contributed by atoms with van der Waals surface area (Å²) in [5, 5.41) is 27.6. The summed E-state index contributed by atoms with van der Waals surface area (Å²) in [6.45, 7) is 4.49. The summed E-state index contributed by atoms with van der Waals surface area (Å²) < 4.78 is 0. The van der Waals surface area contributed by atoms with E-state index in [0.717, 1.165) is 25.7 Å². The van der Waals surface area contributed by atoms with Gasteiger partial charge in [-0.15, -0.1) is 0 Å². The Kier molecular flexibility index (Phi) is 22.9. The maximum Gasteiger partial charge on any atom is 0.0909 e. The van der Waals surface area contributed by atoms with Gasteiger partial charge in [-0.1, -0.05) is 123 Å². The van der Waals surface area contributed by atoms with Crippen molar-refractivity contribution in [1.82, 2.24) is 0 Å². The Labute approximate surface area is 181 Å². The molecule has 2 unspecified atom stereocenters. The van der Waals surface area contributed by atoms with Gasteiger partial charge in [0.2, 0.25) is 0 Å². The summed E-state index contributed by atoms with van der Waals surface area (Å²) in [5.74, 6) is 0. The lowest BCUT2D eigenvalue weighted by Gasteiger charge is -2.05. The number of aliphatic hydroxyl groups excluding tert-OH is 2. The van der Waals surface area contributed by atoms with Gasteiger partial charge in [0, 0.05) is 0 Å². The van der Waals surface area contributed by atoms with E-state index >= 15 is 0 Å². The van der Waals surface area contributed by atoms with Crippen LogP contribution in [0.5, 0.6) is 0 Å². The van der Waals surface area contributed by atoms with Crippen LogP contribution in [0.3, 0.4) is 0 Å². The van der Waals surface area contributed by atoms with E-state index in [4.69, 9.17) is 0 Å². The van der Waals surface area contributed by atoms with Crippen molar-refractivity contribution in [2.24, 2.45) is 10.2 Å². The van der Waals surface area contributed by atoms with Crippen molar-refractivity contribution in [2.75, 3.05) is 0 Å². The van der Waals surface area contributed by atoms with E-state index in [2.05, 4.69) is 24.1 Å². The minimum atomic E-state index is -0.526. The molecule has 29 heavy (non-hydrogen) atoms. The lowest BCUT2D eigenvalue weighted by molar-refractivity contribution is 0.228. The van der Waals surface area contributed by atoms with E-state index < -0.39 is 12.2 Å². The van der Waals surface area contributed by atoms with Crippen LogP contribution in [0, 0.1) is 0 Å². The standard InChI is InChI=1S/C25H50N2O2/c1-3-5-7-9-11-13-15-17-19-21-25(29)23-27-26-22-24(28)20-18-16-14-12-10-8-6-4-2/h22-25,28-29H,3-21H2,1-2H3/b26-22-,27-23-. The van der Waals surface area contributed by atoms with Gasteiger partial charge in [0.25, 0.3) is 0 Å². The number of unbranched alkanes of at least 4 members (excludes halogenated alkanes) is 15. The van der Waals surface area contributed by atoms with Crippen LogP contribution in [-0.4, -0.2) is 34.9 Å². The van der Waals surface area contributed by atoms with Gasteiger partial charge in [-0.25, -0.2) is 0 Å². The molecule has 0 rings (SSSR count). The van der Waals surface area contributed by atoms with Crippen LogP contribution >= 0.6 is 0 Å². The van der Waals surface area contributed by atoms with Crippen LogP contribution in [0.15, 0.2) is 10.2 Å². The van der Waals surface area contributed by atoms with E-state index in [1.807, 2.05) is 0 Å². The normalized spacial score (nSPS) is 14.2. The van der Waals surface area contributed by atoms with Crippen molar-refractivity contribution in [3.63, 3.8) is 0 Å². The van der Waals surface area contributed by atoms with E-state index in [1.165, 1.54) is 109 Å². The number of nitrogens with zero attached hydrogens (tertiary/aromatic N) is 2. The smallest absolute Gasteiger partial charge is 0.0909 e. The molecular weight excluding hydrogens is 360 g/mol. The largest absolute Gasteiger partial charge is 0.387 e. The second-order valence-electron chi connectivity index (χ2n) is 8.54. The van der Waals surface area contributed by atoms with Crippen LogP contribution in [0.4, 0.5) is 0 Å². The van der Waals surface area contributed by atoms with Gasteiger partial charge < -0.3 is 10.2 Å². The highest BCUT2D eigenvalue weighted by Crippen LogP contribution is 2.12. The molecule has 0 amide bonds. The first-order valence-electron chi connectivity index (χ1n) is 12.6. The molecule has 0 fully saturated rings. The zero-order valence-corrected chi connectivity index (χ0v) is 19.5. The van der Waals surface area contributed by atoms with Crippen LogP contribution in [-0.2, 0) is 0 Å². The Morgan fingerprint density at radius 2 is 0.759 bits per heavy atom. The molecule has 0 saturated heterocycles. The maximum atomic E-state index is 9.91. The van der Waals surface area contributed by atoms with Crippen molar-refractivity contribution >= 4 is 12.4 Å².